The van der Waals surface area contributed by atoms with Gasteiger partial charge in [0.2, 0.25) is 0 Å². The van der Waals surface area contributed by atoms with Crippen molar-refractivity contribution >= 4 is 0 Å². The summed E-state index contributed by atoms with van der Waals surface area (Å²) in [4.78, 5) is 4.47. The first kappa shape index (κ1) is 13.8. The van der Waals surface area contributed by atoms with E-state index in [1.165, 1.54) is 0 Å². The maximum Gasteiger partial charge on any atom is 0.0446 e. The summed E-state index contributed by atoms with van der Waals surface area (Å²) in [6.45, 7) is 3.39. The Morgan fingerprint density at radius 1 is 1.21 bits per heavy atom. The summed E-state index contributed by atoms with van der Waals surface area (Å²) < 4.78 is 0. The molecule has 0 heterocycles. The fourth-order valence-corrected chi connectivity index (χ4v) is 1.32. The van der Waals surface area contributed by atoms with E-state index in [1.54, 1.807) is 0 Å². The molecule has 0 saturated heterocycles. The predicted octanol–water partition coefficient (Wildman–Crippen LogP) is -0.550. The van der Waals surface area contributed by atoms with Crippen LogP contribution in [0.3, 0.4) is 0 Å². The number of aliphatic hydroxyl groups excluding tert-OH is 1. The predicted molar refractivity (Wildman–Crippen MR) is 60.6 cm³/mol. The second-order valence-electron chi connectivity index (χ2n) is 4.06. The zero-order chi connectivity index (χ0) is 11.0. The van der Waals surface area contributed by atoms with E-state index in [1.807, 2.05) is 7.05 Å². The van der Waals surface area contributed by atoms with Crippen LogP contribution in [0.2, 0.25) is 0 Å². The minimum absolute atomic E-state index is 0.257. The highest BCUT2D eigenvalue weighted by atomic mass is 16.3. The van der Waals surface area contributed by atoms with Crippen molar-refractivity contribution in [1.29, 1.82) is 0 Å². The Balaban J connectivity index is 3.61. The van der Waals surface area contributed by atoms with Gasteiger partial charge in [0.25, 0.3) is 0 Å². The molecule has 0 rings (SSSR count). The Labute approximate surface area is 87.9 Å². The van der Waals surface area contributed by atoms with Crippen LogP contribution < -0.4 is 5.32 Å². The summed E-state index contributed by atoms with van der Waals surface area (Å²) in [5.41, 5.74) is 0. The van der Waals surface area contributed by atoms with Crippen molar-refractivity contribution in [2.75, 3.05) is 54.4 Å². The number of hydrogen-bond donors (Lipinski definition) is 2. The Morgan fingerprint density at radius 3 is 2.29 bits per heavy atom. The van der Waals surface area contributed by atoms with Crippen LogP contribution in [0.25, 0.3) is 0 Å². The maximum atomic E-state index is 8.83. The van der Waals surface area contributed by atoms with Gasteiger partial charge in [-0.15, -0.1) is 0 Å². The van der Waals surface area contributed by atoms with E-state index in [0.717, 1.165) is 26.1 Å². The molecule has 86 valence electrons. The van der Waals surface area contributed by atoms with Crippen molar-refractivity contribution in [3.8, 4) is 0 Å². The lowest BCUT2D eigenvalue weighted by Gasteiger charge is -2.24. The second kappa shape index (κ2) is 8.17. The van der Waals surface area contributed by atoms with Crippen LogP contribution in [0.15, 0.2) is 0 Å². The smallest absolute Gasteiger partial charge is 0.0446 e. The second-order valence-corrected chi connectivity index (χ2v) is 4.06. The van der Waals surface area contributed by atoms with E-state index >= 15 is 0 Å². The quantitative estimate of drug-likeness (QED) is 0.555. The largest absolute Gasteiger partial charge is 0.396 e. The molecule has 0 saturated carbocycles. The van der Waals surface area contributed by atoms with Crippen LogP contribution in [0.4, 0.5) is 0 Å². The van der Waals surface area contributed by atoms with Gasteiger partial charge in [0.1, 0.15) is 0 Å². The standard InChI is InChI=1S/C10H25N3O/c1-11-10(5-8-14)9-13(4)7-6-12(2)3/h10-11,14H,5-9H2,1-4H3. The van der Waals surface area contributed by atoms with Crippen LogP contribution in [-0.4, -0.2) is 75.4 Å². The molecule has 0 aromatic rings. The zero-order valence-electron chi connectivity index (χ0n) is 9.95. The highest BCUT2D eigenvalue weighted by Gasteiger charge is 2.08. The average Bonchev–Trinajstić information content (AvgIpc) is 2.14. The third-order valence-electron chi connectivity index (χ3n) is 2.35. The van der Waals surface area contributed by atoms with Gasteiger partial charge in [-0.2, -0.15) is 0 Å². The lowest BCUT2D eigenvalue weighted by atomic mass is 10.2. The van der Waals surface area contributed by atoms with Crippen LogP contribution in [0.5, 0.6) is 0 Å². The molecule has 0 aliphatic heterocycles. The van der Waals surface area contributed by atoms with E-state index in [0.29, 0.717) is 6.04 Å². The molecule has 0 radical (unpaired) electrons. The summed E-state index contributed by atoms with van der Waals surface area (Å²) >= 11 is 0. The molecule has 1 unspecified atom stereocenters. The van der Waals surface area contributed by atoms with Gasteiger partial charge >= 0.3 is 0 Å². The van der Waals surface area contributed by atoms with E-state index in [-0.39, 0.29) is 6.61 Å². The van der Waals surface area contributed by atoms with Crippen molar-refractivity contribution in [3.63, 3.8) is 0 Å². The van der Waals surface area contributed by atoms with Gasteiger partial charge in [0, 0.05) is 32.3 Å². The van der Waals surface area contributed by atoms with Gasteiger partial charge < -0.3 is 20.2 Å². The van der Waals surface area contributed by atoms with E-state index in [2.05, 4.69) is 36.3 Å². The molecular weight excluding hydrogens is 178 g/mol. The molecule has 0 aromatic heterocycles. The van der Waals surface area contributed by atoms with Gasteiger partial charge in [-0.3, -0.25) is 0 Å². The fraction of sp³-hybridized carbons (Fsp3) is 1.00. The number of hydrogen-bond acceptors (Lipinski definition) is 4. The molecule has 4 heteroatoms. The summed E-state index contributed by atoms with van der Waals surface area (Å²) in [6.07, 6.45) is 0.822. The normalized spacial score (nSPS) is 13.9. The van der Waals surface area contributed by atoms with Crippen molar-refractivity contribution in [1.82, 2.24) is 15.1 Å². The third-order valence-corrected chi connectivity index (χ3v) is 2.35. The molecule has 0 aliphatic rings. The Bertz CT molecular complexity index is 131. The summed E-state index contributed by atoms with van der Waals surface area (Å²) in [5, 5.41) is 12.0. The van der Waals surface area contributed by atoms with Crippen LogP contribution >= 0.6 is 0 Å². The lowest BCUT2D eigenvalue weighted by Crippen LogP contribution is -2.40. The van der Waals surface area contributed by atoms with Gasteiger partial charge in [0.15, 0.2) is 0 Å². The van der Waals surface area contributed by atoms with Gasteiger partial charge in [-0.1, -0.05) is 0 Å². The zero-order valence-corrected chi connectivity index (χ0v) is 9.95. The molecule has 1 atom stereocenters. The molecule has 0 spiro atoms. The van der Waals surface area contributed by atoms with Crippen molar-refractivity contribution in [2.24, 2.45) is 0 Å². The van der Waals surface area contributed by atoms with Crippen LogP contribution in [-0.2, 0) is 0 Å². The monoisotopic (exact) mass is 203 g/mol. The van der Waals surface area contributed by atoms with Crippen LogP contribution in [0, 0.1) is 0 Å². The van der Waals surface area contributed by atoms with E-state index in [4.69, 9.17) is 5.11 Å². The molecular formula is C10H25N3O. The van der Waals surface area contributed by atoms with Gasteiger partial charge in [-0.25, -0.2) is 0 Å². The topological polar surface area (TPSA) is 38.7 Å². The SMILES string of the molecule is CNC(CCO)CN(C)CCN(C)C. The number of nitrogens with one attached hydrogen (secondary N) is 1. The highest BCUT2D eigenvalue weighted by Crippen LogP contribution is 1.94. The van der Waals surface area contributed by atoms with Crippen LogP contribution in [0.1, 0.15) is 6.42 Å². The first-order chi connectivity index (χ1) is 6.60. The Morgan fingerprint density at radius 2 is 1.86 bits per heavy atom. The van der Waals surface area contributed by atoms with E-state index < -0.39 is 0 Å². The minimum Gasteiger partial charge on any atom is -0.396 e. The first-order valence-electron chi connectivity index (χ1n) is 5.21. The molecule has 0 bridgehead atoms. The molecule has 0 aliphatic carbocycles. The molecule has 0 amide bonds. The lowest BCUT2D eigenvalue weighted by molar-refractivity contribution is 0.222. The minimum atomic E-state index is 0.257. The van der Waals surface area contributed by atoms with E-state index in [9.17, 15) is 0 Å². The molecule has 2 N–H and O–H groups in total. The van der Waals surface area contributed by atoms with Crippen molar-refractivity contribution < 1.29 is 5.11 Å². The summed E-state index contributed by atoms with van der Waals surface area (Å²) in [7, 11) is 8.22. The highest BCUT2D eigenvalue weighted by molar-refractivity contribution is 4.68. The first-order valence-corrected chi connectivity index (χ1v) is 5.21. The van der Waals surface area contributed by atoms with Crippen molar-refractivity contribution in [2.45, 2.75) is 12.5 Å². The average molecular weight is 203 g/mol. The summed E-state index contributed by atoms with van der Waals surface area (Å²) in [5.74, 6) is 0. The molecule has 0 aromatic carbocycles. The number of rotatable bonds is 8. The van der Waals surface area contributed by atoms with Crippen molar-refractivity contribution in [3.05, 3.63) is 0 Å². The van der Waals surface area contributed by atoms with Gasteiger partial charge in [-0.05, 0) is 34.6 Å². The fourth-order valence-electron chi connectivity index (χ4n) is 1.32. The molecule has 14 heavy (non-hydrogen) atoms. The molecule has 4 nitrogen and oxygen atoms in total. The number of likely N-dealkylation sites (N-methyl/N-ethyl adjacent to an activating group) is 3. The molecule has 0 fully saturated rings. The Hall–Kier alpha value is -0.160. The Kier molecular flexibility index (Phi) is 8.08. The number of aliphatic hydroxyl groups is 1. The third kappa shape index (κ3) is 7.26. The maximum absolute atomic E-state index is 8.83. The summed E-state index contributed by atoms with van der Waals surface area (Å²) in [6, 6.07) is 0.396. The van der Waals surface area contributed by atoms with Gasteiger partial charge in [0.05, 0.1) is 0 Å². The number of nitrogens with zero attached hydrogens (tertiary/aromatic N) is 2.